The van der Waals surface area contributed by atoms with Crippen molar-refractivity contribution in [1.82, 2.24) is 4.98 Å². The Kier molecular flexibility index (Phi) is 5.62. The predicted octanol–water partition coefficient (Wildman–Crippen LogP) is 4.34. The van der Waals surface area contributed by atoms with Crippen LogP contribution in [0, 0.1) is 0 Å². The molecular weight excluding hydrogens is 427 g/mol. The number of benzene rings is 2. The summed E-state index contributed by atoms with van der Waals surface area (Å²) in [5, 5.41) is 2.82. The molecule has 0 aliphatic heterocycles. The molecule has 11 heteroatoms. The molecule has 29 heavy (non-hydrogen) atoms. The molecule has 0 bridgehead atoms. The van der Waals surface area contributed by atoms with Crippen LogP contribution in [0.4, 0.5) is 24.5 Å². The smallest absolute Gasteiger partial charge is 0.321 e. The standard InChI is InChI=1S/C18H14F3N3O3S2/c1-29(26,27)24-12-7-6-11(18(19,20)21)10-14(12)22-16(25)8-9-17-23-13-4-2-3-5-15(13)28-17/h2-10,24H,1H3,(H,22,25). The van der Waals surface area contributed by atoms with E-state index in [1.54, 1.807) is 0 Å². The van der Waals surface area contributed by atoms with Crippen LogP contribution < -0.4 is 10.0 Å². The molecule has 2 aromatic carbocycles. The van der Waals surface area contributed by atoms with Gasteiger partial charge < -0.3 is 5.32 Å². The van der Waals surface area contributed by atoms with Crippen molar-refractivity contribution in [2.45, 2.75) is 6.18 Å². The number of aromatic nitrogens is 1. The summed E-state index contributed by atoms with van der Waals surface area (Å²) >= 11 is 1.34. The number of anilines is 2. The van der Waals surface area contributed by atoms with Gasteiger partial charge in [-0.2, -0.15) is 13.2 Å². The molecular formula is C18H14F3N3O3S2. The lowest BCUT2D eigenvalue weighted by Gasteiger charge is -2.14. The first-order valence-electron chi connectivity index (χ1n) is 8.05. The maximum Gasteiger partial charge on any atom is 0.416 e. The number of hydrogen-bond donors (Lipinski definition) is 2. The Bertz CT molecular complexity index is 1170. The Hall–Kier alpha value is -2.92. The number of halogens is 3. The molecule has 1 amide bonds. The molecule has 1 aromatic heterocycles. The highest BCUT2D eigenvalue weighted by Gasteiger charge is 2.31. The lowest BCUT2D eigenvalue weighted by atomic mass is 10.1. The molecule has 0 radical (unpaired) electrons. The summed E-state index contributed by atoms with van der Waals surface area (Å²) in [5.41, 5.74) is -0.761. The van der Waals surface area contributed by atoms with Crippen molar-refractivity contribution in [3.63, 3.8) is 0 Å². The van der Waals surface area contributed by atoms with Gasteiger partial charge in [-0.15, -0.1) is 11.3 Å². The summed E-state index contributed by atoms with van der Waals surface area (Å²) < 4.78 is 64.8. The molecule has 152 valence electrons. The van der Waals surface area contributed by atoms with E-state index < -0.39 is 27.7 Å². The molecule has 0 aliphatic carbocycles. The number of para-hydroxylation sites is 1. The van der Waals surface area contributed by atoms with Crippen LogP contribution in [0.2, 0.25) is 0 Å². The molecule has 3 aromatic rings. The van der Waals surface area contributed by atoms with Gasteiger partial charge in [0.15, 0.2) is 0 Å². The van der Waals surface area contributed by atoms with Crippen LogP contribution >= 0.6 is 11.3 Å². The Balaban J connectivity index is 1.85. The molecule has 0 saturated carbocycles. The predicted molar refractivity (Wildman–Crippen MR) is 107 cm³/mol. The fourth-order valence-electron chi connectivity index (χ4n) is 2.40. The third-order valence-electron chi connectivity index (χ3n) is 3.59. The summed E-state index contributed by atoms with van der Waals surface area (Å²) in [6.45, 7) is 0. The molecule has 0 saturated heterocycles. The summed E-state index contributed by atoms with van der Waals surface area (Å²) in [6.07, 6.45) is -1.26. The monoisotopic (exact) mass is 441 g/mol. The minimum Gasteiger partial charge on any atom is -0.321 e. The van der Waals surface area contributed by atoms with E-state index in [0.717, 1.165) is 34.7 Å². The van der Waals surface area contributed by atoms with Gasteiger partial charge in [0.25, 0.3) is 0 Å². The van der Waals surface area contributed by atoms with Gasteiger partial charge >= 0.3 is 6.18 Å². The molecule has 0 fully saturated rings. The van der Waals surface area contributed by atoms with Crippen molar-refractivity contribution in [2.75, 3.05) is 16.3 Å². The number of amides is 1. The molecule has 0 atom stereocenters. The van der Waals surface area contributed by atoms with Crippen molar-refractivity contribution in [3.8, 4) is 0 Å². The van der Waals surface area contributed by atoms with Crippen LogP contribution in [-0.4, -0.2) is 25.6 Å². The number of alkyl halides is 3. The SMILES string of the molecule is CS(=O)(=O)Nc1ccc(C(F)(F)F)cc1NC(=O)C=Cc1nc2ccccc2s1. The Labute approximate surface area is 168 Å². The van der Waals surface area contributed by atoms with Crippen LogP contribution in [0.15, 0.2) is 48.5 Å². The fourth-order valence-corrected chi connectivity index (χ4v) is 3.84. The number of hydrogen-bond acceptors (Lipinski definition) is 5. The number of carbonyl (C=O) groups is 1. The Morgan fingerprint density at radius 1 is 1.14 bits per heavy atom. The van der Waals surface area contributed by atoms with Crippen LogP contribution in [0.25, 0.3) is 16.3 Å². The van der Waals surface area contributed by atoms with Crippen LogP contribution in [0.3, 0.4) is 0 Å². The normalized spacial score (nSPS) is 12.4. The number of thiazole rings is 1. The van der Waals surface area contributed by atoms with Gasteiger partial charge in [0, 0.05) is 6.08 Å². The maximum absolute atomic E-state index is 13.0. The zero-order chi connectivity index (χ0) is 21.2. The lowest BCUT2D eigenvalue weighted by Crippen LogP contribution is -2.16. The van der Waals surface area contributed by atoms with Crippen molar-refractivity contribution in [3.05, 3.63) is 59.1 Å². The fraction of sp³-hybridized carbons (Fsp3) is 0.111. The number of fused-ring (bicyclic) bond motifs is 1. The lowest BCUT2D eigenvalue weighted by molar-refractivity contribution is -0.137. The van der Waals surface area contributed by atoms with E-state index in [9.17, 15) is 26.4 Å². The first-order chi connectivity index (χ1) is 13.5. The van der Waals surface area contributed by atoms with Crippen LogP contribution in [0.5, 0.6) is 0 Å². The van der Waals surface area contributed by atoms with Gasteiger partial charge in [-0.05, 0) is 36.4 Å². The zero-order valence-corrected chi connectivity index (χ0v) is 16.5. The highest BCUT2D eigenvalue weighted by molar-refractivity contribution is 7.92. The average molecular weight is 441 g/mol. The van der Waals surface area contributed by atoms with Crippen molar-refractivity contribution in [1.29, 1.82) is 0 Å². The average Bonchev–Trinajstić information content (AvgIpc) is 3.02. The van der Waals surface area contributed by atoms with E-state index in [1.165, 1.54) is 17.4 Å². The van der Waals surface area contributed by atoms with E-state index in [2.05, 4.69) is 15.0 Å². The van der Waals surface area contributed by atoms with Crippen LogP contribution in [0.1, 0.15) is 10.6 Å². The van der Waals surface area contributed by atoms with Gasteiger partial charge in [0.05, 0.1) is 33.4 Å². The van der Waals surface area contributed by atoms with E-state index in [0.29, 0.717) is 11.1 Å². The maximum atomic E-state index is 13.0. The number of sulfonamides is 1. The van der Waals surface area contributed by atoms with Crippen molar-refractivity contribution in [2.24, 2.45) is 0 Å². The van der Waals surface area contributed by atoms with Gasteiger partial charge in [0.2, 0.25) is 15.9 Å². The molecule has 2 N–H and O–H groups in total. The van der Waals surface area contributed by atoms with Crippen molar-refractivity contribution >= 4 is 54.9 Å². The number of nitrogens with one attached hydrogen (secondary N) is 2. The summed E-state index contributed by atoms with van der Waals surface area (Å²) in [7, 11) is -3.76. The Morgan fingerprint density at radius 2 is 1.86 bits per heavy atom. The number of nitrogens with zero attached hydrogens (tertiary/aromatic N) is 1. The first kappa shape index (κ1) is 20.8. The third kappa shape index (κ3) is 5.55. The molecule has 0 spiro atoms. The number of carbonyl (C=O) groups excluding carboxylic acids is 1. The van der Waals surface area contributed by atoms with Gasteiger partial charge in [-0.25, -0.2) is 13.4 Å². The molecule has 3 rings (SSSR count). The zero-order valence-electron chi connectivity index (χ0n) is 14.8. The van der Waals surface area contributed by atoms with Gasteiger partial charge in [-0.3, -0.25) is 9.52 Å². The van der Waals surface area contributed by atoms with E-state index in [1.807, 2.05) is 24.3 Å². The second kappa shape index (κ2) is 7.84. The second-order valence-corrected chi connectivity index (χ2v) is 8.79. The van der Waals surface area contributed by atoms with Gasteiger partial charge in [-0.1, -0.05) is 12.1 Å². The highest BCUT2D eigenvalue weighted by Crippen LogP contribution is 2.34. The van der Waals surface area contributed by atoms with Gasteiger partial charge in [0.1, 0.15) is 5.01 Å². The minimum absolute atomic E-state index is 0.178. The van der Waals surface area contributed by atoms with E-state index in [-0.39, 0.29) is 11.4 Å². The third-order valence-corrected chi connectivity index (χ3v) is 5.18. The molecule has 6 nitrogen and oxygen atoms in total. The minimum atomic E-state index is -4.65. The van der Waals surface area contributed by atoms with Crippen LogP contribution in [-0.2, 0) is 21.0 Å². The molecule has 0 unspecified atom stereocenters. The largest absolute Gasteiger partial charge is 0.416 e. The molecule has 1 heterocycles. The summed E-state index contributed by atoms with van der Waals surface area (Å²) in [4.78, 5) is 16.5. The summed E-state index contributed by atoms with van der Waals surface area (Å²) in [5.74, 6) is -0.736. The second-order valence-electron chi connectivity index (χ2n) is 5.97. The van der Waals surface area contributed by atoms with E-state index in [4.69, 9.17) is 0 Å². The van der Waals surface area contributed by atoms with Crippen molar-refractivity contribution < 1.29 is 26.4 Å². The quantitative estimate of drug-likeness (QED) is 0.577. The number of rotatable bonds is 5. The first-order valence-corrected chi connectivity index (χ1v) is 10.8. The topological polar surface area (TPSA) is 88.2 Å². The highest BCUT2D eigenvalue weighted by atomic mass is 32.2. The summed E-state index contributed by atoms with van der Waals surface area (Å²) in [6, 6.07) is 9.69. The Morgan fingerprint density at radius 3 is 2.52 bits per heavy atom. The van der Waals surface area contributed by atoms with E-state index >= 15 is 0 Å². The molecule has 0 aliphatic rings.